The average Bonchev–Trinajstić information content (AvgIpc) is 3.11. The van der Waals surface area contributed by atoms with Crippen molar-refractivity contribution in [1.82, 2.24) is 4.90 Å². The predicted octanol–water partition coefficient (Wildman–Crippen LogP) is 4.77. The fourth-order valence-corrected chi connectivity index (χ4v) is 4.09. The van der Waals surface area contributed by atoms with Crippen molar-refractivity contribution in [2.75, 3.05) is 6.54 Å². The lowest BCUT2D eigenvalue weighted by Gasteiger charge is -2.19. The Morgan fingerprint density at radius 1 is 1.27 bits per heavy atom. The van der Waals surface area contributed by atoms with Gasteiger partial charge in [0.2, 0.25) is 0 Å². The molecule has 1 aromatic heterocycles. The van der Waals surface area contributed by atoms with Gasteiger partial charge in [0.05, 0.1) is 10.0 Å². The minimum absolute atomic E-state index is 0.351. The molecule has 3 rings (SSSR count). The molecule has 6 heteroatoms. The third-order valence-electron chi connectivity index (χ3n) is 3.87. The van der Waals surface area contributed by atoms with Gasteiger partial charge in [-0.25, -0.2) is 0 Å². The van der Waals surface area contributed by atoms with Gasteiger partial charge in [-0.3, -0.25) is 9.69 Å². The molecule has 3 nitrogen and oxygen atoms in total. The Balaban J connectivity index is 1.76. The summed E-state index contributed by atoms with van der Waals surface area (Å²) in [5, 5.41) is 10.3. The molecule has 116 valence electrons. The van der Waals surface area contributed by atoms with E-state index in [-0.39, 0.29) is 6.04 Å². The Bertz CT molecular complexity index is 701. The molecule has 0 spiro atoms. The van der Waals surface area contributed by atoms with Crippen LogP contribution in [0.15, 0.2) is 30.3 Å². The normalized spacial score (nSPS) is 18.7. The number of rotatable bonds is 4. The van der Waals surface area contributed by atoms with Crippen LogP contribution in [0.2, 0.25) is 10.0 Å². The second-order valence-electron chi connectivity index (χ2n) is 5.36. The molecule has 22 heavy (non-hydrogen) atoms. The number of hydrogen-bond acceptors (Lipinski definition) is 3. The van der Waals surface area contributed by atoms with Crippen molar-refractivity contribution < 1.29 is 9.90 Å². The van der Waals surface area contributed by atoms with Gasteiger partial charge in [0.15, 0.2) is 0 Å². The number of thiophene rings is 1. The highest BCUT2D eigenvalue weighted by Crippen LogP contribution is 2.33. The number of hydrogen-bond donors (Lipinski definition) is 1. The van der Waals surface area contributed by atoms with Gasteiger partial charge in [0.1, 0.15) is 6.04 Å². The predicted molar refractivity (Wildman–Crippen MR) is 90.8 cm³/mol. The lowest BCUT2D eigenvalue weighted by atomic mass is 10.2. The molecular weight excluding hydrogens is 341 g/mol. The molecule has 2 aromatic rings. The zero-order valence-electron chi connectivity index (χ0n) is 11.8. The van der Waals surface area contributed by atoms with Crippen LogP contribution in [0, 0.1) is 0 Å². The number of carboxylic acids is 1. The molecule has 0 radical (unpaired) electrons. The van der Waals surface area contributed by atoms with Crippen LogP contribution in [0.4, 0.5) is 0 Å². The van der Waals surface area contributed by atoms with E-state index in [4.69, 9.17) is 23.2 Å². The van der Waals surface area contributed by atoms with Crippen LogP contribution in [0.1, 0.15) is 17.7 Å². The van der Waals surface area contributed by atoms with E-state index in [9.17, 15) is 9.90 Å². The zero-order chi connectivity index (χ0) is 15.7. The van der Waals surface area contributed by atoms with E-state index in [1.807, 2.05) is 23.1 Å². The molecule has 1 N–H and O–H groups in total. The summed E-state index contributed by atoms with van der Waals surface area (Å²) in [5.41, 5.74) is 1.03. The summed E-state index contributed by atoms with van der Waals surface area (Å²) in [5.74, 6) is -0.723. The molecule has 1 aliphatic heterocycles. The second kappa shape index (κ2) is 6.59. The number of nitrogens with zero attached hydrogens (tertiary/aromatic N) is 1. The van der Waals surface area contributed by atoms with Crippen molar-refractivity contribution in [3.05, 3.63) is 45.3 Å². The Morgan fingerprint density at radius 3 is 2.82 bits per heavy atom. The van der Waals surface area contributed by atoms with Gasteiger partial charge in [-0.1, -0.05) is 29.3 Å². The van der Waals surface area contributed by atoms with Crippen LogP contribution < -0.4 is 0 Å². The summed E-state index contributed by atoms with van der Waals surface area (Å²) in [7, 11) is 0. The maximum absolute atomic E-state index is 11.2. The Labute approximate surface area is 143 Å². The van der Waals surface area contributed by atoms with Crippen molar-refractivity contribution in [3.8, 4) is 10.4 Å². The SMILES string of the molecule is O=C(O)[C@@H]1CCCN1Cc1ccc(-c2ccc(Cl)c(Cl)c2)s1. The summed E-state index contributed by atoms with van der Waals surface area (Å²) >= 11 is 13.7. The van der Waals surface area contributed by atoms with E-state index >= 15 is 0 Å². The standard InChI is InChI=1S/C16H15Cl2NO2S/c17-12-5-3-10(8-13(12)18)15-6-4-11(22-15)9-19-7-1-2-14(19)16(20)21/h3-6,8,14H,1-2,7,9H2,(H,20,21)/t14-/m0/s1. The number of carbonyl (C=O) groups is 1. The summed E-state index contributed by atoms with van der Waals surface area (Å²) in [6.45, 7) is 1.53. The molecule has 0 aliphatic carbocycles. The number of benzene rings is 1. The first-order valence-corrected chi connectivity index (χ1v) is 8.63. The first kappa shape index (κ1) is 15.8. The third kappa shape index (κ3) is 3.30. The van der Waals surface area contributed by atoms with Gasteiger partial charge in [0, 0.05) is 16.3 Å². The van der Waals surface area contributed by atoms with Gasteiger partial charge in [0.25, 0.3) is 0 Å². The number of likely N-dealkylation sites (tertiary alicyclic amines) is 1. The van der Waals surface area contributed by atoms with E-state index in [0.29, 0.717) is 16.6 Å². The summed E-state index contributed by atoms with van der Waals surface area (Å²) < 4.78 is 0. The lowest BCUT2D eigenvalue weighted by Crippen LogP contribution is -2.35. The van der Waals surface area contributed by atoms with Crippen LogP contribution in [0.3, 0.4) is 0 Å². The Morgan fingerprint density at radius 2 is 2.09 bits per heavy atom. The van der Waals surface area contributed by atoms with Crippen LogP contribution in [0.25, 0.3) is 10.4 Å². The van der Waals surface area contributed by atoms with Gasteiger partial charge >= 0.3 is 5.97 Å². The molecule has 1 aromatic carbocycles. The quantitative estimate of drug-likeness (QED) is 0.858. The van der Waals surface area contributed by atoms with Crippen molar-refractivity contribution in [1.29, 1.82) is 0 Å². The minimum atomic E-state index is -0.723. The fraction of sp³-hybridized carbons (Fsp3) is 0.312. The van der Waals surface area contributed by atoms with E-state index in [0.717, 1.165) is 34.7 Å². The average molecular weight is 356 g/mol. The molecule has 1 saturated heterocycles. The number of carboxylic acid groups (broad SMARTS) is 1. The smallest absolute Gasteiger partial charge is 0.320 e. The van der Waals surface area contributed by atoms with Crippen LogP contribution >= 0.6 is 34.5 Å². The molecule has 1 aliphatic rings. The van der Waals surface area contributed by atoms with Crippen molar-refractivity contribution in [2.45, 2.75) is 25.4 Å². The molecule has 1 atom stereocenters. The maximum Gasteiger partial charge on any atom is 0.320 e. The zero-order valence-corrected chi connectivity index (χ0v) is 14.1. The molecule has 1 fully saturated rings. The van der Waals surface area contributed by atoms with Crippen LogP contribution in [-0.4, -0.2) is 28.6 Å². The fourth-order valence-electron chi connectivity index (χ4n) is 2.76. The van der Waals surface area contributed by atoms with Gasteiger partial charge < -0.3 is 5.11 Å². The van der Waals surface area contributed by atoms with Gasteiger partial charge in [-0.15, -0.1) is 11.3 Å². The first-order valence-electron chi connectivity index (χ1n) is 7.05. The molecule has 0 amide bonds. The summed E-state index contributed by atoms with van der Waals surface area (Å²) in [6.07, 6.45) is 1.68. The van der Waals surface area contributed by atoms with Crippen molar-refractivity contribution in [3.63, 3.8) is 0 Å². The maximum atomic E-state index is 11.2. The highest BCUT2D eigenvalue weighted by molar-refractivity contribution is 7.15. The van der Waals surface area contributed by atoms with E-state index in [2.05, 4.69) is 6.07 Å². The summed E-state index contributed by atoms with van der Waals surface area (Å²) in [4.78, 5) is 15.5. The molecular formula is C16H15Cl2NO2S. The van der Waals surface area contributed by atoms with E-state index < -0.39 is 5.97 Å². The highest BCUT2D eigenvalue weighted by Gasteiger charge is 2.30. The summed E-state index contributed by atoms with van der Waals surface area (Å²) in [6, 6.07) is 9.34. The third-order valence-corrected chi connectivity index (χ3v) is 5.73. The number of halogens is 2. The van der Waals surface area contributed by atoms with Gasteiger partial charge in [-0.2, -0.15) is 0 Å². The Hall–Kier alpha value is -1.07. The molecule has 2 heterocycles. The van der Waals surface area contributed by atoms with Crippen LogP contribution in [-0.2, 0) is 11.3 Å². The second-order valence-corrected chi connectivity index (χ2v) is 7.34. The minimum Gasteiger partial charge on any atom is -0.480 e. The van der Waals surface area contributed by atoms with Crippen molar-refractivity contribution in [2.24, 2.45) is 0 Å². The van der Waals surface area contributed by atoms with Crippen molar-refractivity contribution >= 4 is 40.5 Å². The van der Waals surface area contributed by atoms with E-state index in [1.165, 1.54) is 0 Å². The molecule has 0 bridgehead atoms. The monoisotopic (exact) mass is 355 g/mol. The Kier molecular flexibility index (Phi) is 4.73. The van der Waals surface area contributed by atoms with Crippen LogP contribution in [0.5, 0.6) is 0 Å². The largest absolute Gasteiger partial charge is 0.480 e. The molecule has 0 saturated carbocycles. The first-order chi connectivity index (χ1) is 10.5. The lowest BCUT2D eigenvalue weighted by molar-refractivity contribution is -0.142. The topological polar surface area (TPSA) is 40.5 Å². The molecule has 0 unspecified atom stereocenters. The van der Waals surface area contributed by atoms with Gasteiger partial charge in [-0.05, 0) is 49.2 Å². The highest BCUT2D eigenvalue weighted by atomic mass is 35.5. The van der Waals surface area contributed by atoms with E-state index in [1.54, 1.807) is 17.4 Å². The number of aliphatic carboxylic acids is 1.